The summed E-state index contributed by atoms with van der Waals surface area (Å²) in [5.41, 5.74) is 2.82. The van der Waals surface area contributed by atoms with Crippen LogP contribution in [0.15, 0.2) is 18.2 Å². The van der Waals surface area contributed by atoms with Crippen LogP contribution in [0.4, 0.5) is 0 Å². The SMILES string of the molecule is CCC(Cl)CCCCc1ccc2c(c1)CCO2. The topological polar surface area (TPSA) is 9.23 Å². The molecule has 1 aromatic carbocycles. The molecule has 0 N–H and O–H groups in total. The van der Waals surface area contributed by atoms with Crippen molar-refractivity contribution in [3.8, 4) is 5.75 Å². The molecule has 1 heterocycles. The molecule has 0 aliphatic carbocycles. The van der Waals surface area contributed by atoms with Crippen LogP contribution in [-0.2, 0) is 12.8 Å². The van der Waals surface area contributed by atoms with Crippen LogP contribution < -0.4 is 4.74 Å². The molecule has 1 aliphatic heterocycles. The lowest BCUT2D eigenvalue weighted by atomic mass is 10.0. The molecule has 1 atom stereocenters. The van der Waals surface area contributed by atoms with Gasteiger partial charge in [-0.05, 0) is 42.9 Å². The van der Waals surface area contributed by atoms with E-state index in [0.29, 0.717) is 5.38 Å². The molecular formula is C15H21ClO. The Morgan fingerprint density at radius 2 is 2.24 bits per heavy atom. The summed E-state index contributed by atoms with van der Waals surface area (Å²) in [7, 11) is 0. The number of hydrogen-bond donors (Lipinski definition) is 0. The molecule has 0 spiro atoms. The zero-order valence-corrected chi connectivity index (χ0v) is 11.3. The summed E-state index contributed by atoms with van der Waals surface area (Å²) in [5, 5.41) is 0.364. The quantitative estimate of drug-likeness (QED) is 0.540. The van der Waals surface area contributed by atoms with E-state index in [1.54, 1.807) is 0 Å². The highest BCUT2D eigenvalue weighted by Gasteiger charge is 2.11. The number of aryl methyl sites for hydroxylation is 1. The molecular weight excluding hydrogens is 232 g/mol. The maximum Gasteiger partial charge on any atom is 0.122 e. The van der Waals surface area contributed by atoms with Crippen molar-refractivity contribution in [3.63, 3.8) is 0 Å². The zero-order chi connectivity index (χ0) is 12.1. The van der Waals surface area contributed by atoms with E-state index in [-0.39, 0.29) is 0 Å². The molecule has 0 radical (unpaired) electrons. The maximum absolute atomic E-state index is 6.11. The number of rotatable bonds is 6. The van der Waals surface area contributed by atoms with Gasteiger partial charge >= 0.3 is 0 Å². The van der Waals surface area contributed by atoms with Gasteiger partial charge in [0.05, 0.1) is 6.61 Å². The molecule has 0 fully saturated rings. The first-order valence-electron chi connectivity index (χ1n) is 6.68. The van der Waals surface area contributed by atoms with Gasteiger partial charge in [-0.15, -0.1) is 11.6 Å². The standard InChI is InChI=1S/C15H21ClO/c1-2-14(16)6-4-3-5-12-7-8-15-13(11-12)9-10-17-15/h7-8,11,14H,2-6,9-10H2,1H3. The second-order valence-electron chi connectivity index (χ2n) is 4.79. The van der Waals surface area contributed by atoms with Crippen molar-refractivity contribution in [2.24, 2.45) is 0 Å². The fraction of sp³-hybridized carbons (Fsp3) is 0.600. The summed E-state index contributed by atoms with van der Waals surface area (Å²) in [6, 6.07) is 6.62. The minimum Gasteiger partial charge on any atom is -0.493 e. The van der Waals surface area contributed by atoms with Gasteiger partial charge in [0.2, 0.25) is 0 Å². The molecule has 17 heavy (non-hydrogen) atoms. The third-order valence-corrected chi connectivity index (χ3v) is 3.96. The first-order chi connectivity index (χ1) is 8.29. The van der Waals surface area contributed by atoms with Gasteiger partial charge in [-0.25, -0.2) is 0 Å². The predicted molar refractivity (Wildman–Crippen MR) is 73.1 cm³/mol. The minimum atomic E-state index is 0.364. The monoisotopic (exact) mass is 252 g/mol. The lowest BCUT2D eigenvalue weighted by molar-refractivity contribution is 0.357. The smallest absolute Gasteiger partial charge is 0.122 e. The Balaban J connectivity index is 1.76. The Morgan fingerprint density at radius 3 is 3.06 bits per heavy atom. The van der Waals surface area contributed by atoms with E-state index >= 15 is 0 Å². The van der Waals surface area contributed by atoms with Crippen LogP contribution in [0, 0.1) is 0 Å². The summed E-state index contributed by atoms with van der Waals surface area (Å²) in [5.74, 6) is 1.08. The average molecular weight is 253 g/mol. The molecule has 0 saturated heterocycles. The minimum absolute atomic E-state index is 0.364. The van der Waals surface area contributed by atoms with Gasteiger partial charge in [0.1, 0.15) is 5.75 Å². The van der Waals surface area contributed by atoms with E-state index in [1.165, 1.54) is 30.4 Å². The van der Waals surface area contributed by atoms with E-state index in [4.69, 9.17) is 16.3 Å². The van der Waals surface area contributed by atoms with Crippen LogP contribution in [-0.4, -0.2) is 12.0 Å². The molecule has 0 aromatic heterocycles. The van der Waals surface area contributed by atoms with E-state index < -0.39 is 0 Å². The third kappa shape index (κ3) is 3.64. The number of fused-ring (bicyclic) bond motifs is 1. The fourth-order valence-electron chi connectivity index (χ4n) is 2.29. The first kappa shape index (κ1) is 12.8. The van der Waals surface area contributed by atoms with Crippen LogP contribution in [0.1, 0.15) is 43.7 Å². The fourth-order valence-corrected chi connectivity index (χ4v) is 2.45. The van der Waals surface area contributed by atoms with Gasteiger partial charge in [-0.2, -0.15) is 0 Å². The average Bonchev–Trinajstić information content (AvgIpc) is 2.81. The summed E-state index contributed by atoms with van der Waals surface area (Å²) in [6.07, 6.45) is 6.94. The Labute approximate surface area is 109 Å². The van der Waals surface area contributed by atoms with E-state index in [0.717, 1.165) is 31.6 Å². The summed E-state index contributed by atoms with van der Waals surface area (Å²) >= 11 is 6.11. The Kier molecular flexibility index (Phi) is 4.73. The summed E-state index contributed by atoms with van der Waals surface area (Å²) in [4.78, 5) is 0. The Morgan fingerprint density at radius 1 is 1.35 bits per heavy atom. The molecule has 2 rings (SSSR count). The highest BCUT2D eigenvalue weighted by atomic mass is 35.5. The summed E-state index contributed by atoms with van der Waals surface area (Å²) < 4.78 is 5.51. The highest BCUT2D eigenvalue weighted by Crippen LogP contribution is 2.26. The van der Waals surface area contributed by atoms with Gasteiger partial charge in [-0.1, -0.05) is 25.5 Å². The predicted octanol–water partition coefficient (Wildman–Crippen LogP) is 4.35. The van der Waals surface area contributed by atoms with Gasteiger partial charge < -0.3 is 4.74 Å². The second kappa shape index (κ2) is 6.30. The number of halogens is 1. The van der Waals surface area contributed by atoms with Crippen molar-refractivity contribution in [3.05, 3.63) is 29.3 Å². The van der Waals surface area contributed by atoms with E-state index in [9.17, 15) is 0 Å². The lowest BCUT2D eigenvalue weighted by Gasteiger charge is -2.07. The third-order valence-electron chi connectivity index (χ3n) is 3.43. The molecule has 94 valence electrons. The second-order valence-corrected chi connectivity index (χ2v) is 5.41. The molecule has 1 unspecified atom stereocenters. The molecule has 1 aliphatic rings. The van der Waals surface area contributed by atoms with Crippen molar-refractivity contribution in [2.75, 3.05) is 6.61 Å². The normalized spacial score (nSPS) is 15.4. The number of benzene rings is 1. The van der Waals surface area contributed by atoms with Gasteiger partial charge in [-0.3, -0.25) is 0 Å². The maximum atomic E-state index is 6.11. The van der Waals surface area contributed by atoms with Crippen molar-refractivity contribution < 1.29 is 4.74 Å². The van der Waals surface area contributed by atoms with Crippen molar-refractivity contribution in [2.45, 2.75) is 50.8 Å². The molecule has 0 bridgehead atoms. The lowest BCUT2D eigenvalue weighted by Crippen LogP contribution is -1.96. The number of ether oxygens (including phenoxy) is 1. The van der Waals surface area contributed by atoms with Crippen LogP contribution in [0.5, 0.6) is 5.75 Å². The van der Waals surface area contributed by atoms with E-state index in [1.807, 2.05) is 0 Å². The summed E-state index contributed by atoms with van der Waals surface area (Å²) in [6.45, 7) is 3.00. The molecule has 1 aromatic rings. The number of unbranched alkanes of at least 4 members (excludes halogenated alkanes) is 1. The van der Waals surface area contributed by atoms with Crippen LogP contribution in [0.2, 0.25) is 0 Å². The van der Waals surface area contributed by atoms with Gasteiger partial charge in [0, 0.05) is 11.8 Å². The highest BCUT2D eigenvalue weighted by molar-refractivity contribution is 6.20. The van der Waals surface area contributed by atoms with E-state index in [2.05, 4.69) is 25.1 Å². The number of alkyl halides is 1. The Hall–Kier alpha value is -0.690. The molecule has 0 amide bonds. The van der Waals surface area contributed by atoms with Crippen LogP contribution in [0.25, 0.3) is 0 Å². The van der Waals surface area contributed by atoms with Crippen molar-refractivity contribution in [1.29, 1.82) is 0 Å². The molecule has 1 nitrogen and oxygen atoms in total. The van der Waals surface area contributed by atoms with Crippen LogP contribution >= 0.6 is 11.6 Å². The molecule has 2 heteroatoms. The number of hydrogen-bond acceptors (Lipinski definition) is 1. The van der Waals surface area contributed by atoms with Gasteiger partial charge in [0.15, 0.2) is 0 Å². The molecule has 0 saturated carbocycles. The first-order valence-corrected chi connectivity index (χ1v) is 7.12. The van der Waals surface area contributed by atoms with Gasteiger partial charge in [0.25, 0.3) is 0 Å². The largest absolute Gasteiger partial charge is 0.493 e. The van der Waals surface area contributed by atoms with Crippen molar-refractivity contribution in [1.82, 2.24) is 0 Å². The van der Waals surface area contributed by atoms with Crippen molar-refractivity contribution >= 4 is 11.6 Å². The van der Waals surface area contributed by atoms with Crippen LogP contribution in [0.3, 0.4) is 0 Å². The Bertz CT molecular complexity index is 362. The zero-order valence-electron chi connectivity index (χ0n) is 10.5.